The van der Waals surface area contributed by atoms with Crippen LogP contribution in [0.25, 0.3) is 0 Å². The molecule has 0 aliphatic heterocycles. The number of urea groups is 1. The van der Waals surface area contributed by atoms with Crippen LogP contribution in [0.1, 0.15) is 30.9 Å². The van der Waals surface area contributed by atoms with Gasteiger partial charge in [0, 0.05) is 5.69 Å². The Bertz CT molecular complexity index is 697. The van der Waals surface area contributed by atoms with E-state index < -0.39 is 0 Å². The van der Waals surface area contributed by atoms with E-state index in [1.807, 2.05) is 30.3 Å². The smallest absolute Gasteiger partial charge is 0.319 e. The van der Waals surface area contributed by atoms with Gasteiger partial charge < -0.3 is 15.4 Å². The highest BCUT2D eigenvalue weighted by Gasteiger charge is 2.33. The number of ether oxygens (including phenoxy) is 1. The Kier molecular flexibility index (Phi) is 4.24. The van der Waals surface area contributed by atoms with Crippen LogP contribution >= 0.6 is 0 Å². The minimum absolute atomic E-state index is 0.186. The Labute approximate surface area is 136 Å². The van der Waals surface area contributed by atoms with Gasteiger partial charge in [0.25, 0.3) is 0 Å². The summed E-state index contributed by atoms with van der Waals surface area (Å²) in [6, 6.07) is 15.5. The number of carbonyl (C=O) groups is 1. The first-order chi connectivity index (χ1) is 11.1. The monoisotopic (exact) mass is 310 g/mol. The molecule has 2 amide bonds. The molecule has 2 N–H and O–H groups in total. The van der Waals surface area contributed by atoms with Crippen LogP contribution in [-0.2, 0) is 12.0 Å². The topological polar surface area (TPSA) is 50.4 Å². The van der Waals surface area contributed by atoms with Crippen LogP contribution in [0, 0.1) is 0 Å². The van der Waals surface area contributed by atoms with E-state index in [0.717, 1.165) is 30.7 Å². The normalized spacial score (nSPS) is 19.6. The second kappa shape index (κ2) is 6.32. The highest BCUT2D eigenvalue weighted by atomic mass is 16.5. The zero-order chi connectivity index (χ0) is 16.3. The van der Waals surface area contributed by atoms with Crippen molar-refractivity contribution in [3.8, 4) is 5.75 Å². The van der Waals surface area contributed by atoms with E-state index in [-0.39, 0.29) is 11.6 Å². The van der Waals surface area contributed by atoms with E-state index >= 15 is 0 Å². The molecule has 1 atom stereocenters. The minimum Gasteiger partial charge on any atom is -0.497 e. The molecule has 2 aromatic rings. The summed E-state index contributed by atoms with van der Waals surface area (Å²) >= 11 is 0. The van der Waals surface area contributed by atoms with Gasteiger partial charge in [0.15, 0.2) is 0 Å². The molecule has 0 radical (unpaired) electrons. The Morgan fingerprint density at radius 1 is 1.13 bits per heavy atom. The predicted molar refractivity (Wildman–Crippen MR) is 91.9 cm³/mol. The number of nitrogens with one attached hydrogen (secondary N) is 2. The van der Waals surface area contributed by atoms with E-state index in [9.17, 15) is 4.79 Å². The Hall–Kier alpha value is -2.49. The Morgan fingerprint density at radius 2 is 1.87 bits per heavy atom. The third kappa shape index (κ3) is 3.31. The summed E-state index contributed by atoms with van der Waals surface area (Å²) in [4.78, 5) is 12.4. The van der Waals surface area contributed by atoms with Gasteiger partial charge in [-0.3, -0.25) is 0 Å². The first-order valence-corrected chi connectivity index (χ1v) is 7.92. The lowest BCUT2D eigenvalue weighted by Crippen LogP contribution is -2.47. The van der Waals surface area contributed by atoms with Crippen LogP contribution in [0.15, 0.2) is 48.5 Å². The van der Waals surface area contributed by atoms with Crippen molar-refractivity contribution in [1.29, 1.82) is 0 Å². The van der Waals surface area contributed by atoms with E-state index in [1.165, 1.54) is 11.1 Å². The van der Waals surface area contributed by atoms with Crippen molar-refractivity contribution in [3.05, 3.63) is 59.7 Å². The summed E-state index contributed by atoms with van der Waals surface area (Å²) in [5.74, 6) is 0.768. The van der Waals surface area contributed by atoms with Crippen molar-refractivity contribution < 1.29 is 9.53 Å². The molecule has 1 aliphatic carbocycles. The Balaban J connectivity index is 1.72. The Morgan fingerprint density at radius 3 is 2.61 bits per heavy atom. The molecule has 120 valence electrons. The van der Waals surface area contributed by atoms with Crippen LogP contribution in [0.3, 0.4) is 0 Å². The third-order valence-electron chi connectivity index (χ3n) is 4.47. The van der Waals surface area contributed by atoms with Crippen molar-refractivity contribution in [2.45, 2.75) is 31.7 Å². The molecule has 0 fully saturated rings. The second-order valence-corrected chi connectivity index (χ2v) is 6.15. The van der Waals surface area contributed by atoms with Gasteiger partial charge in [0.2, 0.25) is 0 Å². The number of anilines is 1. The fourth-order valence-corrected chi connectivity index (χ4v) is 3.26. The minimum atomic E-state index is -0.328. The summed E-state index contributed by atoms with van der Waals surface area (Å²) in [6.07, 6.45) is 3.10. The lowest BCUT2D eigenvalue weighted by Gasteiger charge is -2.36. The summed E-state index contributed by atoms with van der Waals surface area (Å²) in [5, 5.41) is 6.04. The predicted octanol–water partition coefficient (Wildman–Crippen LogP) is 4.07. The molecule has 2 aromatic carbocycles. The number of fused-ring (bicyclic) bond motifs is 1. The molecule has 1 aliphatic rings. The van der Waals surface area contributed by atoms with Gasteiger partial charge in [-0.15, -0.1) is 0 Å². The van der Waals surface area contributed by atoms with Gasteiger partial charge in [-0.25, -0.2) is 4.79 Å². The molecule has 0 spiro atoms. The molecule has 0 saturated carbocycles. The van der Waals surface area contributed by atoms with E-state index in [2.05, 4.69) is 35.8 Å². The highest BCUT2D eigenvalue weighted by Crippen LogP contribution is 2.34. The zero-order valence-corrected chi connectivity index (χ0v) is 13.6. The molecule has 4 heteroatoms. The van der Waals surface area contributed by atoms with Crippen molar-refractivity contribution in [1.82, 2.24) is 5.32 Å². The van der Waals surface area contributed by atoms with Gasteiger partial charge in [-0.05, 0) is 61.6 Å². The zero-order valence-electron chi connectivity index (χ0n) is 13.6. The van der Waals surface area contributed by atoms with Crippen molar-refractivity contribution in [3.63, 3.8) is 0 Å². The molecule has 0 aromatic heterocycles. The molecular weight excluding hydrogens is 288 g/mol. The number of hydrogen-bond acceptors (Lipinski definition) is 2. The average molecular weight is 310 g/mol. The van der Waals surface area contributed by atoms with Gasteiger partial charge in [0.1, 0.15) is 5.75 Å². The first-order valence-electron chi connectivity index (χ1n) is 7.92. The van der Waals surface area contributed by atoms with Crippen molar-refractivity contribution in [2.75, 3.05) is 12.4 Å². The lowest BCUT2D eigenvalue weighted by atomic mass is 9.78. The van der Waals surface area contributed by atoms with Crippen LogP contribution in [0.2, 0.25) is 0 Å². The van der Waals surface area contributed by atoms with Crippen LogP contribution in [-0.4, -0.2) is 13.1 Å². The van der Waals surface area contributed by atoms with E-state index in [4.69, 9.17) is 4.74 Å². The number of rotatable bonds is 3. The molecule has 0 bridgehead atoms. The SMILES string of the molecule is COc1ccc(NC(=O)N[C@@]2(C)CCCc3ccccc32)cc1. The standard InChI is InChI=1S/C19H22N2O2/c1-19(13-5-7-14-6-3-4-8-17(14)19)21-18(22)20-15-9-11-16(23-2)12-10-15/h3-4,6,8-12H,5,7,13H2,1-2H3,(H2,20,21,22)/t19-/m0/s1. The number of amides is 2. The second-order valence-electron chi connectivity index (χ2n) is 6.15. The van der Waals surface area contributed by atoms with Gasteiger partial charge in [0.05, 0.1) is 12.6 Å². The summed E-state index contributed by atoms with van der Waals surface area (Å²) < 4.78 is 5.12. The summed E-state index contributed by atoms with van der Waals surface area (Å²) in [5.41, 5.74) is 2.96. The molecule has 4 nitrogen and oxygen atoms in total. The average Bonchev–Trinajstić information content (AvgIpc) is 2.56. The number of aryl methyl sites for hydroxylation is 1. The maximum Gasteiger partial charge on any atom is 0.319 e. The van der Waals surface area contributed by atoms with Crippen LogP contribution < -0.4 is 15.4 Å². The highest BCUT2D eigenvalue weighted by molar-refractivity contribution is 5.90. The fourth-order valence-electron chi connectivity index (χ4n) is 3.26. The molecule has 0 heterocycles. The number of benzene rings is 2. The third-order valence-corrected chi connectivity index (χ3v) is 4.47. The van der Waals surface area contributed by atoms with Crippen LogP contribution in [0.4, 0.5) is 10.5 Å². The number of hydrogen-bond donors (Lipinski definition) is 2. The molecule has 3 rings (SSSR count). The maximum atomic E-state index is 12.4. The van der Waals surface area contributed by atoms with Crippen molar-refractivity contribution >= 4 is 11.7 Å². The van der Waals surface area contributed by atoms with Gasteiger partial charge in [-0.2, -0.15) is 0 Å². The largest absolute Gasteiger partial charge is 0.497 e. The van der Waals surface area contributed by atoms with Gasteiger partial charge >= 0.3 is 6.03 Å². The first kappa shape index (κ1) is 15.4. The van der Waals surface area contributed by atoms with Crippen LogP contribution in [0.5, 0.6) is 5.75 Å². The van der Waals surface area contributed by atoms with Gasteiger partial charge in [-0.1, -0.05) is 24.3 Å². The number of methoxy groups -OCH3 is 1. The fraction of sp³-hybridized carbons (Fsp3) is 0.316. The molecule has 0 unspecified atom stereocenters. The number of carbonyl (C=O) groups excluding carboxylic acids is 1. The quantitative estimate of drug-likeness (QED) is 0.898. The molecular formula is C19H22N2O2. The van der Waals surface area contributed by atoms with E-state index in [1.54, 1.807) is 7.11 Å². The molecule has 0 saturated heterocycles. The maximum absolute atomic E-state index is 12.4. The summed E-state index contributed by atoms with van der Waals surface area (Å²) in [6.45, 7) is 2.10. The van der Waals surface area contributed by atoms with E-state index in [0.29, 0.717) is 0 Å². The van der Waals surface area contributed by atoms with Crippen molar-refractivity contribution in [2.24, 2.45) is 0 Å². The lowest BCUT2D eigenvalue weighted by molar-refractivity contribution is 0.233. The summed E-state index contributed by atoms with van der Waals surface area (Å²) in [7, 11) is 1.62. The molecule has 23 heavy (non-hydrogen) atoms.